The summed E-state index contributed by atoms with van der Waals surface area (Å²) in [4.78, 5) is 22.6. The van der Waals surface area contributed by atoms with Crippen molar-refractivity contribution in [3.8, 4) is 0 Å². The van der Waals surface area contributed by atoms with E-state index in [1.807, 2.05) is 0 Å². The molecule has 0 heterocycles. The van der Waals surface area contributed by atoms with Gasteiger partial charge in [-0.05, 0) is 6.42 Å². The number of carbonyl (C=O) groups excluding carboxylic acids is 2. The summed E-state index contributed by atoms with van der Waals surface area (Å²) in [6.07, 6.45) is 2.02. The van der Waals surface area contributed by atoms with Crippen LogP contribution in [0.3, 0.4) is 0 Å². The Bertz CT molecular complexity index is 240. The van der Waals surface area contributed by atoms with Gasteiger partial charge in [-0.25, -0.2) is 0 Å². The van der Waals surface area contributed by atoms with Gasteiger partial charge < -0.3 is 9.47 Å². The quantitative estimate of drug-likeness (QED) is 0.364. The molecule has 4 heteroatoms. The van der Waals surface area contributed by atoms with Crippen LogP contribution in [-0.4, -0.2) is 26.2 Å². The summed E-state index contributed by atoms with van der Waals surface area (Å²) < 4.78 is 9.09. The summed E-state index contributed by atoms with van der Waals surface area (Å²) >= 11 is 0. The number of allylic oxidation sites excluding steroid dienone is 1. The highest BCUT2D eigenvalue weighted by atomic mass is 16.5. The van der Waals surface area contributed by atoms with Crippen LogP contribution in [0.15, 0.2) is 12.7 Å². The van der Waals surface area contributed by atoms with E-state index in [9.17, 15) is 9.59 Å². The van der Waals surface area contributed by atoms with Gasteiger partial charge in [0.25, 0.3) is 0 Å². The molecule has 0 aromatic carbocycles. The number of ether oxygens (including phenoxy) is 2. The Morgan fingerprint density at radius 3 is 2.08 bits per heavy atom. The molecule has 0 aliphatic heterocycles. The van der Waals surface area contributed by atoms with Crippen molar-refractivity contribution in [1.82, 2.24) is 0 Å². The van der Waals surface area contributed by atoms with E-state index in [4.69, 9.17) is 0 Å². The van der Waals surface area contributed by atoms with Crippen molar-refractivity contribution >= 4 is 11.9 Å². The normalized spacial score (nSPS) is 23.1. The zero-order valence-corrected chi connectivity index (χ0v) is 7.70. The Balaban J connectivity index is 2.86. The van der Waals surface area contributed by atoms with Gasteiger partial charge in [-0.1, -0.05) is 6.08 Å². The topological polar surface area (TPSA) is 52.6 Å². The minimum atomic E-state index is -1.11. The molecular formula is C9H12O4. The van der Waals surface area contributed by atoms with E-state index >= 15 is 0 Å². The lowest BCUT2D eigenvalue weighted by molar-refractivity contribution is -0.161. The molecule has 4 nitrogen and oxygen atoms in total. The molecular weight excluding hydrogens is 172 g/mol. The average molecular weight is 184 g/mol. The Hall–Kier alpha value is -1.32. The van der Waals surface area contributed by atoms with Gasteiger partial charge in [0, 0.05) is 5.92 Å². The number of carbonyl (C=O) groups is 2. The zero-order chi connectivity index (χ0) is 10.1. The molecule has 0 aromatic heterocycles. The second-order valence-corrected chi connectivity index (χ2v) is 3.00. The lowest BCUT2D eigenvalue weighted by atomic mass is 10.0. The van der Waals surface area contributed by atoms with E-state index in [-0.39, 0.29) is 5.92 Å². The molecule has 0 radical (unpaired) electrons. The van der Waals surface area contributed by atoms with E-state index in [0.717, 1.165) is 0 Å². The monoisotopic (exact) mass is 184 g/mol. The molecule has 13 heavy (non-hydrogen) atoms. The van der Waals surface area contributed by atoms with Crippen LogP contribution in [0.4, 0.5) is 0 Å². The largest absolute Gasteiger partial charge is 0.468 e. The summed E-state index contributed by atoms with van der Waals surface area (Å²) in [6.45, 7) is 3.54. The minimum absolute atomic E-state index is 0.146. The van der Waals surface area contributed by atoms with Gasteiger partial charge in [0.2, 0.25) is 0 Å². The molecule has 1 aliphatic rings. The molecule has 0 bridgehead atoms. The zero-order valence-electron chi connectivity index (χ0n) is 7.70. The summed E-state index contributed by atoms with van der Waals surface area (Å²) in [6, 6.07) is 0. The van der Waals surface area contributed by atoms with E-state index in [1.165, 1.54) is 14.2 Å². The fraction of sp³-hybridized carbons (Fsp3) is 0.556. The molecule has 1 fully saturated rings. The van der Waals surface area contributed by atoms with Gasteiger partial charge in [0.1, 0.15) is 0 Å². The maximum absolute atomic E-state index is 11.3. The first-order valence-corrected chi connectivity index (χ1v) is 3.93. The van der Waals surface area contributed by atoms with E-state index in [0.29, 0.717) is 6.42 Å². The molecule has 1 rings (SSSR count). The Morgan fingerprint density at radius 2 is 1.85 bits per heavy atom. The summed E-state index contributed by atoms with van der Waals surface area (Å²) in [5.41, 5.74) is -1.11. The SMILES string of the molecule is C=CC1CC1(C(=O)OC)C(=O)OC. The van der Waals surface area contributed by atoms with Crippen LogP contribution in [0.25, 0.3) is 0 Å². The molecule has 1 atom stereocenters. The number of hydrogen-bond acceptors (Lipinski definition) is 4. The van der Waals surface area contributed by atoms with Crippen molar-refractivity contribution in [2.24, 2.45) is 11.3 Å². The molecule has 0 N–H and O–H groups in total. The number of esters is 2. The second kappa shape index (κ2) is 3.20. The van der Waals surface area contributed by atoms with Crippen LogP contribution >= 0.6 is 0 Å². The highest BCUT2D eigenvalue weighted by molar-refractivity contribution is 6.04. The van der Waals surface area contributed by atoms with Gasteiger partial charge in [-0.2, -0.15) is 0 Å². The number of hydrogen-bond donors (Lipinski definition) is 0. The van der Waals surface area contributed by atoms with Crippen molar-refractivity contribution in [2.45, 2.75) is 6.42 Å². The van der Waals surface area contributed by atoms with Gasteiger partial charge in [-0.3, -0.25) is 9.59 Å². The first-order valence-electron chi connectivity index (χ1n) is 3.93. The highest BCUT2D eigenvalue weighted by Crippen LogP contribution is 2.54. The second-order valence-electron chi connectivity index (χ2n) is 3.00. The Labute approximate surface area is 76.5 Å². The predicted molar refractivity (Wildman–Crippen MR) is 44.8 cm³/mol. The molecule has 0 aromatic rings. The maximum Gasteiger partial charge on any atom is 0.323 e. The fourth-order valence-electron chi connectivity index (χ4n) is 1.49. The summed E-state index contributed by atoms with van der Waals surface area (Å²) in [5.74, 6) is -1.22. The average Bonchev–Trinajstić information content (AvgIpc) is 2.91. The molecule has 0 spiro atoms. The van der Waals surface area contributed by atoms with Crippen LogP contribution in [0.2, 0.25) is 0 Å². The lowest BCUT2D eigenvalue weighted by Crippen LogP contribution is -2.30. The van der Waals surface area contributed by atoms with Crippen molar-refractivity contribution in [3.05, 3.63) is 12.7 Å². The Kier molecular flexibility index (Phi) is 2.40. The summed E-state index contributed by atoms with van der Waals surface area (Å²) in [5, 5.41) is 0. The van der Waals surface area contributed by atoms with Gasteiger partial charge in [0.05, 0.1) is 14.2 Å². The molecule has 1 aliphatic carbocycles. The predicted octanol–water partition coefficient (Wildman–Crippen LogP) is 0.525. The van der Waals surface area contributed by atoms with Crippen LogP contribution in [-0.2, 0) is 19.1 Å². The number of rotatable bonds is 3. The molecule has 0 amide bonds. The van der Waals surface area contributed by atoms with Crippen LogP contribution in [0.1, 0.15) is 6.42 Å². The number of methoxy groups -OCH3 is 2. The highest BCUT2D eigenvalue weighted by Gasteiger charge is 2.66. The first-order chi connectivity index (χ1) is 6.13. The third kappa shape index (κ3) is 1.22. The standard InChI is InChI=1S/C9H12O4/c1-4-6-5-9(6,7(10)12-2)8(11)13-3/h4,6H,1,5H2,2-3H3. The third-order valence-electron chi connectivity index (χ3n) is 2.40. The first kappa shape index (κ1) is 9.77. The van der Waals surface area contributed by atoms with Gasteiger partial charge >= 0.3 is 11.9 Å². The van der Waals surface area contributed by atoms with Crippen molar-refractivity contribution in [2.75, 3.05) is 14.2 Å². The summed E-state index contributed by atoms with van der Waals surface area (Å²) in [7, 11) is 2.51. The van der Waals surface area contributed by atoms with Crippen LogP contribution in [0.5, 0.6) is 0 Å². The van der Waals surface area contributed by atoms with Crippen molar-refractivity contribution in [3.63, 3.8) is 0 Å². The lowest BCUT2D eigenvalue weighted by Gasteiger charge is -2.10. The van der Waals surface area contributed by atoms with Crippen molar-refractivity contribution in [1.29, 1.82) is 0 Å². The molecule has 0 saturated heterocycles. The van der Waals surface area contributed by atoms with E-state index in [2.05, 4.69) is 16.1 Å². The molecule has 72 valence electrons. The smallest absolute Gasteiger partial charge is 0.323 e. The van der Waals surface area contributed by atoms with Crippen LogP contribution < -0.4 is 0 Å². The van der Waals surface area contributed by atoms with Gasteiger partial charge in [0.15, 0.2) is 5.41 Å². The maximum atomic E-state index is 11.3. The van der Waals surface area contributed by atoms with Gasteiger partial charge in [-0.15, -0.1) is 6.58 Å². The van der Waals surface area contributed by atoms with E-state index < -0.39 is 17.4 Å². The third-order valence-corrected chi connectivity index (χ3v) is 2.40. The van der Waals surface area contributed by atoms with Crippen LogP contribution in [0, 0.1) is 11.3 Å². The molecule has 1 saturated carbocycles. The minimum Gasteiger partial charge on any atom is -0.468 e. The molecule has 1 unspecified atom stereocenters. The Morgan fingerprint density at radius 1 is 1.38 bits per heavy atom. The van der Waals surface area contributed by atoms with Crippen molar-refractivity contribution < 1.29 is 19.1 Å². The fourth-order valence-corrected chi connectivity index (χ4v) is 1.49. The van der Waals surface area contributed by atoms with E-state index in [1.54, 1.807) is 6.08 Å².